The molecule has 0 N–H and O–H groups in total. The van der Waals surface area contributed by atoms with Gasteiger partial charge in [-0.2, -0.15) is 0 Å². The summed E-state index contributed by atoms with van der Waals surface area (Å²) >= 11 is 1.30. The van der Waals surface area contributed by atoms with E-state index < -0.39 is 0 Å². The Bertz CT molecular complexity index is 504. The molecule has 4 nitrogen and oxygen atoms in total. The predicted octanol–water partition coefficient (Wildman–Crippen LogP) is 2.32. The number of carbonyl (C=O) groups is 2. The van der Waals surface area contributed by atoms with E-state index in [4.69, 9.17) is 4.74 Å². The highest BCUT2D eigenvalue weighted by molar-refractivity contribution is 8.13. The van der Waals surface area contributed by atoms with Crippen LogP contribution in [0.2, 0.25) is 0 Å². The third-order valence-corrected chi connectivity index (χ3v) is 4.42. The maximum atomic E-state index is 12.0. The topological polar surface area (TPSA) is 46.6 Å². The van der Waals surface area contributed by atoms with Crippen LogP contribution in [0.25, 0.3) is 0 Å². The van der Waals surface area contributed by atoms with Gasteiger partial charge in [-0.05, 0) is 12.0 Å². The van der Waals surface area contributed by atoms with Crippen LogP contribution in [-0.2, 0) is 16.1 Å². The molecule has 0 spiro atoms. The van der Waals surface area contributed by atoms with E-state index in [1.54, 1.807) is 14.0 Å². The Morgan fingerprint density at radius 1 is 1.45 bits per heavy atom. The highest BCUT2D eigenvalue weighted by Crippen LogP contribution is 2.26. The van der Waals surface area contributed by atoms with Crippen molar-refractivity contribution in [2.24, 2.45) is 5.92 Å². The Hall–Kier alpha value is -1.49. The Morgan fingerprint density at radius 3 is 2.90 bits per heavy atom. The zero-order valence-corrected chi connectivity index (χ0v) is 12.6. The van der Waals surface area contributed by atoms with Gasteiger partial charge in [0, 0.05) is 37.8 Å². The maximum absolute atomic E-state index is 12.0. The second-order valence-electron chi connectivity index (χ2n) is 4.96. The van der Waals surface area contributed by atoms with Crippen LogP contribution >= 0.6 is 11.8 Å². The van der Waals surface area contributed by atoms with Crippen LogP contribution in [0.1, 0.15) is 18.9 Å². The van der Waals surface area contributed by atoms with Crippen molar-refractivity contribution in [3.63, 3.8) is 0 Å². The van der Waals surface area contributed by atoms with Gasteiger partial charge in [-0.1, -0.05) is 30.0 Å². The summed E-state index contributed by atoms with van der Waals surface area (Å²) in [4.78, 5) is 24.9. The fraction of sp³-hybridized carbons (Fsp3) is 0.467. The molecule has 1 saturated heterocycles. The van der Waals surface area contributed by atoms with E-state index in [9.17, 15) is 9.59 Å². The Morgan fingerprint density at radius 2 is 2.20 bits per heavy atom. The lowest BCUT2D eigenvalue weighted by atomic mass is 10.1. The van der Waals surface area contributed by atoms with Crippen molar-refractivity contribution in [1.29, 1.82) is 0 Å². The highest BCUT2D eigenvalue weighted by Gasteiger charge is 2.30. The average Bonchev–Trinajstić information content (AvgIpc) is 2.78. The molecule has 20 heavy (non-hydrogen) atoms. The van der Waals surface area contributed by atoms with Gasteiger partial charge in [-0.15, -0.1) is 0 Å². The molecule has 0 aliphatic carbocycles. The number of amides is 1. The molecule has 1 aromatic rings. The first-order valence-electron chi connectivity index (χ1n) is 6.63. The summed E-state index contributed by atoms with van der Waals surface area (Å²) in [7, 11) is 1.64. The summed E-state index contributed by atoms with van der Waals surface area (Å²) in [6.45, 7) is 2.86. The first kappa shape index (κ1) is 14.9. The van der Waals surface area contributed by atoms with Gasteiger partial charge in [0.05, 0.1) is 7.11 Å². The summed E-state index contributed by atoms with van der Waals surface area (Å²) in [5.41, 5.74) is 1.02. The molecule has 0 saturated carbocycles. The van der Waals surface area contributed by atoms with Crippen molar-refractivity contribution < 1.29 is 14.3 Å². The second kappa shape index (κ2) is 6.79. The maximum Gasteiger partial charge on any atom is 0.223 e. The highest BCUT2D eigenvalue weighted by atomic mass is 32.2. The van der Waals surface area contributed by atoms with Crippen molar-refractivity contribution in [3.05, 3.63) is 29.8 Å². The monoisotopic (exact) mass is 293 g/mol. The first-order chi connectivity index (χ1) is 9.60. The Balaban J connectivity index is 1.96. The van der Waals surface area contributed by atoms with Gasteiger partial charge in [0.1, 0.15) is 5.75 Å². The number of thioether (sulfide) groups is 1. The van der Waals surface area contributed by atoms with E-state index in [2.05, 4.69) is 0 Å². The molecule has 0 radical (unpaired) electrons. The molecular weight excluding hydrogens is 274 g/mol. The number of ether oxygens (including phenoxy) is 1. The second-order valence-corrected chi connectivity index (χ2v) is 6.16. The van der Waals surface area contributed by atoms with Gasteiger partial charge in [0.2, 0.25) is 5.91 Å². The molecule has 1 aromatic carbocycles. The molecule has 1 amide bonds. The van der Waals surface area contributed by atoms with E-state index in [1.807, 2.05) is 29.2 Å². The van der Waals surface area contributed by atoms with Crippen LogP contribution in [-0.4, -0.2) is 35.3 Å². The van der Waals surface area contributed by atoms with Crippen LogP contribution in [0.4, 0.5) is 0 Å². The number of hydrogen-bond donors (Lipinski definition) is 0. The minimum absolute atomic E-state index is 0.112. The number of likely N-dealkylation sites (tertiary alicyclic amines) is 1. The number of carbonyl (C=O) groups excluding carboxylic acids is 2. The van der Waals surface area contributed by atoms with Gasteiger partial charge in [-0.3, -0.25) is 9.59 Å². The van der Waals surface area contributed by atoms with Crippen molar-refractivity contribution in [2.75, 3.05) is 19.4 Å². The third kappa shape index (κ3) is 3.76. The van der Waals surface area contributed by atoms with E-state index in [0.29, 0.717) is 13.0 Å². The standard InChI is InChI=1S/C15H19NO3S/c1-11(17)20-10-12-7-15(18)16(8-12)9-13-5-3-4-6-14(13)19-2/h3-6,12H,7-10H2,1-2H3. The molecule has 2 rings (SSSR count). The molecule has 1 aliphatic rings. The summed E-state index contributed by atoms with van der Waals surface area (Å²) in [6.07, 6.45) is 0.537. The third-order valence-electron chi connectivity index (χ3n) is 3.37. The fourth-order valence-electron chi connectivity index (χ4n) is 2.39. The molecule has 1 aliphatic heterocycles. The van der Waals surface area contributed by atoms with Crippen LogP contribution in [0, 0.1) is 5.92 Å². The van der Waals surface area contributed by atoms with Crippen molar-refractivity contribution >= 4 is 22.8 Å². The molecule has 0 aromatic heterocycles. The summed E-state index contributed by atoms with van der Waals surface area (Å²) in [5, 5.41) is 0.112. The van der Waals surface area contributed by atoms with E-state index in [0.717, 1.165) is 23.6 Å². The van der Waals surface area contributed by atoms with Crippen molar-refractivity contribution in [2.45, 2.75) is 19.9 Å². The zero-order chi connectivity index (χ0) is 14.5. The van der Waals surface area contributed by atoms with Gasteiger partial charge < -0.3 is 9.64 Å². The van der Waals surface area contributed by atoms with Crippen molar-refractivity contribution in [1.82, 2.24) is 4.90 Å². The Labute approximate surface area is 123 Å². The molecule has 0 bridgehead atoms. The fourth-order valence-corrected chi connectivity index (χ4v) is 3.09. The minimum atomic E-state index is 0.112. The molecule has 1 unspecified atom stereocenters. The lowest BCUT2D eigenvalue weighted by molar-refractivity contribution is -0.128. The predicted molar refractivity (Wildman–Crippen MR) is 79.7 cm³/mol. The lowest BCUT2D eigenvalue weighted by Gasteiger charge is -2.18. The molecule has 1 heterocycles. The number of methoxy groups -OCH3 is 1. The molecule has 1 atom stereocenters. The molecular formula is C15H19NO3S. The van der Waals surface area contributed by atoms with Crippen LogP contribution in [0.3, 0.4) is 0 Å². The van der Waals surface area contributed by atoms with Crippen molar-refractivity contribution in [3.8, 4) is 5.75 Å². The summed E-state index contributed by atoms with van der Waals surface area (Å²) in [6, 6.07) is 7.74. The van der Waals surface area contributed by atoms with Gasteiger partial charge in [-0.25, -0.2) is 0 Å². The van der Waals surface area contributed by atoms with Crippen LogP contribution in [0.5, 0.6) is 5.75 Å². The van der Waals surface area contributed by atoms with E-state index in [-0.39, 0.29) is 16.9 Å². The normalized spacial score (nSPS) is 18.4. The molecule has 1 fully saturated rings. The Kier molecular flexibility index (Phi) is 5.06. The molecule has 5 heteroatoms. The number of nitrogens with zero attached hydrogens (tertiary/aromatic N) is 1. The number of rotatable bonds is 5. The van der Waals surface area contributed by atoms with Crippen LogP contribution in [0.15, 0.2) is 24.3 Å². The quantitative estimate of drug-likeness (QED) is 0.836. The molecule has 108 valence electrons. The zero-order valence-electron chi connectivity index (χ0n) is 11.8. The SMILES string of the molecule is COc1ccccc1CN1CC(CSC(C)=O)CC1=O. The number of para-hydroxylation sites is 1. The average molecular weight is 293 g/mol. The number of hydrogen-bond acceptors (Lipinski definition) is 4. The first-order valence-corrected chi connectivity index (χ1v) is 7.61. The van der Waals surface area contributed by atoms with Gasteiger partial charge >= 0.3 is 0 Å². The lowest BCUT2D eigenvalue weighted by Crippen LogP contribution is -2.25. The van der Waals surface area contributed by atoms with E-state index >= 15 is 0 Å². The van der Waals surface area contributed by atoms with Gasteiger partial charge in [0.25, 0.3) is 0 Å². The van der Waals surface area contributed by atoms with Crippen LogP contribution < -0.4 is 4.74 Å². The summed E-state index contributed by atoms with van der Waals surface area (Å²) in [5.74, 6) is 1.96. The number of benzene rings is 1. The minimum Gasteiger partial charge on any atom is -0.496 e. The smallest absolute Gasteiger partial charge is 0.223 e. The van der Waals surface area contributed by atoms with Gasteiger partial charge in [0.15, 0.2) is 5.12 Å². The summed E-state index contributed by atoms with van der Waals surface area (Å²) < 4.78 is 5.31. The largest absolute Gasteiger partial charge is 0.496 e. The van der Waals surface area contributed by atoms with E-state index in [1.165, 1.54) is 11.8 Å².